The fourth-order valence-electron chi connectivity index (χ4n) is 4.82. The molecule has 0 saturated carbocycles. The van der Waals surface area contributed by atoms with Gasteiger partial charge in [-0.2, -0.15) is 4.31 Å². The molecule has 0 bridgehead atoms. The second-order valence-electron chi connectivity index (χ2n) is 10.4. The third-order valence-corrected chi connectivity index (χ3v) is 8.63. The van der Waals surface area contributed by atoms with E-state index in [2.05, 4.69) is 5.32 Å². The molecule has 228 valence electrons. The molecule has 2 aliphatic heterocycles. The van der Waals surface area contributed by atoms with Gasteiger partial charge in [-0.3, -0.25) is 0 Å². The molecular weight excluding hydrogens is 593 g/mol. The Labute approximate surface area is 252 Å². The van der Waals surface area contributed by atoms with Crippen LogP contribution in [0.3, 0.4) is 0 Å². The lowest BCUT2D eigenvalue weighted by molar-refractivity contribution is -0.0907. The zero-order valence-electron chi connectivity index (χ0n) is 23.2. The van der Waals surface area contributed by atoms with E-state index in [1.165, 1.54) is 28.6 Å². The number of rotatable bonds is 11. The van der Waals surface area contributed by atoms with Crippen LogP contribution in [0.5, 0.6) is 0 Å². The zero-order valence-corrected chi connectivity index (χ0v) is 25.5. The van der Waals surface area contributed by atoms with Gasteiger partial charge < -0.3 is 30.4 Å². The van der Waals surface area contributed by atoms with Gasteiger partial charge in [-0.25, -0.2) is 13.2 Å². The quantitative estimate of drug-likeness (QED) is 0.251. The van der Waals surface area contributed by atoms with Crippen molar-refractivity contribution in [2.45, 2.75) is 56.1 Å². The molecule has 4 N–H and O–H groups in total. The second kappa shape index (κ2) is 15.9. The maximum atomic E-state index is 13.5. The van der Waals surface area contributed by atoms with Crippen molar-refractivity contribution in [3.8, 4) is 0 Å². The smallest absolute Gasteiger partial charge is 0.407 e. The molecule has 2 saturated heterocycles. The summed E-state index contributed by atoms with van der Waals surface area (Å²) in [4.78, 5) is 13.0. The van der Waals surface area contributed by atoms with Gasteiger partial charge in [0.15, 0.2) is 6.29 Å². The first kappa shape index (κ1) is 33.4. The van der Waals surface area contributed by atoms with E-state index in [9.17, 15) is 18.3 Å². The first-order valence-corrected chi connectivity index (χ1v) is 16.0. The first-order chi connectivity index (χ1) is 19.5. The SMILES string of the molecule is CC(C)CN(CC(O)C(Cc1ccccc1)NC(=O)O[C@H]1CO[C@H]2OCC[C@H]21)S(=O)(=O)c1ccc(N)cc1.ClCCl. The number of nitrogens with two attached hydrogens (primary N) is 1. The topological polar surface area (TPSA) is 140 Å². The van der Waals surface area contributed by atoms with Gasteiger partial charge >= 0.3 is 6.09 Å². The highest BCUT2D eigenvalue weighted by atomic mass is 35.5. The number of aliphatic hydroxyl groups is 1. The van der Waals surface area contributed by atoms with Gasteiger partial charge in [0, 0.05) is 18.8 Å². The molecule has 13 heteroatoms. The molecule has 2 unspecified atom stereocenters. The van der Waals surface area contributed by atoms with Crippen LogP contribution in [-0.4, -0.2) is 80.1 Å². The molecule has 2 aromatic carbocycles. The molecule has 4 rings (SSSR count). The number of benzene rings is 2. The Morgan fingerprint density at radius 3 is 2.41 bits per heavy atom. The Bertz CT molecular complexity index is 1190. The van der Waals surface area contributed by atoms with Crippen LogP contribution in [0.15, 0.2) is 59.5 Å². The molecule has 5 atom stereocenters. The summed E-state index contributed by atoms with van der Waals surface area (Å²) in [6, 6.07) is 14.5. The Kier molecular flexibility index (Phi) is 13.0. The minimum atomic E-state index is -3.93. The second-order valence-corrected chi connectivity index (χ2v) is 13.1. The van der Waals surface area contributed by atoms with Gasteiger partial charge in [0.25, 0.3) is 0 Å². The minimum absolute atomic E-state index is 0.000183. The summed E-state index contributed by atoms with van der Waals surface area (Å²) in [7, 11) is -3.93. The number of nitrogens with zero attached hydrogens (tertiary/aromatic N) is 1. The van der Waals surface area contributed by atoms with E-state index in [0.29, 0.717) is 12.3 Å². The number of hydrogen-bond acceptors (Lipinski definition) is 8. The first-order valence-electron chi connectivity index (χ1n) is 13.4. The van der Waals surface area contributed by atoms with Crippen molar-refractivity contribution in [1.82, 2.24) is 9.62 Å². The van der Waals surface area contributed by atoms with Crippen molar-refractivity contribution >= 4 is 45.0 Å². The van der Waals surface area contributed by atoms with Gasteiger partial charge in [0.2, 0.25) is 10.0 Å². The normalized spacial score (nSPS) is 21.6. The summed E-state index contributed by atoms with van der Waals surface area (Å²) in [5, 5.41) is 14.3. The van der Waals surface area contributed by atoms with Crippen molar-refractivity contribution < 1.29 is 32.5 Å². The lowest BCUT2D eigenvalue weighted by atomic mass is 10.0. The average Bonchev–Trinajstić information content (AvgIpc) is 3.54. The monoisotopic (exact) mass is 631 g/mol. The van der Waals surface area contributed by atoms with E-state index in [0.717, 1.165) is 12.0 Å². The molecule has 2 aromatic rings. The van der Waals surface area contributed by atoms with Crippen LogP contribution in [0, 0.1) is 11.8 Å². The van der Waals surface area contributed by atoms with Gasteiger partial charge in [-0.15, -0.1) is 23.2 Å². The van der Waals surface area contributed by atoms with E-state index in [-0.39, 0.29) is 54.5 Å². The summed E-state index contributed by atoms with van der Waals surface area (Å²) in [5.74, 6) is -0.0231. The Hall–Kier alpha value is -2.12. The minimum Gasteiger partial charge on any atom is -0.443 e. The number of alkyl halides is 2. The van der Waals surface area contributed by atoms with Crippen LogP contribution >= 0.6 is 23.2 Å². The third-order valence-electron chi connectivity index (χ3n) is 6.79. The van der Waals surface area contributed by atoms with Crippen molar-refractivity contribution in [2.24, 2.45) is 11.8 Å². The number of fused-ring (bicyclic) bond motifs is 1. The van der Waals surface area contributed by atoms with E-state index in [1.54, 1.807) is 0 Å². The van der Waals surface area contributed by atoms with E-state index >= 15 is 0 Å². The van der Waals surface area contributed by atoms with Crippen molar-refractivity contribution in [1.29, 1.82) is 0 Å². The molecule has 1 amide bonds. The standard InChI is InChI=1S/C27H37N3O7S.CH2Cl2/c1-18(2)15-30(38(33,34)21-10-8-20(28)9-11-21)16-24(31)23(14-19-6-4-3-5-7-19)29-27(32)37-25-17-36-26-22(25)12-13-35-26;2-1-3/h3-11,18,22-26,31H,12-17,28H2,1-2H3,(H,29,32);1H2/t22-,23?,24?,25-,26+;/m0./s1. The van der Waals surface area contributed by atoms with E-state index < -0.39 is 34.4 Å². The van der Waals surface area contributed by atoms with Crippen LogP contribution in [0.1, 0.15) is 25.8 Å². The molecule has 41 heavy (non-hydrogen) atoms. The van der Waals surface area contributed by atoms with Crippen molar-refractivity contribution in [3.05, 3.63) is 60.2 Å². The summed E-state index contributed by atoms with van der Waals surface area (Å²) in [5.41, 5.74) is 7.07. The van der Waals surface area contributed by atoms with Crippen molar-refractivity contribution in [3.63, 3.8) is 0 Å². The highest BCUT2D eigenvalue weighted by Gasteiger charge is 2.44. The maximum Gasteiger partial charge on any atom is 0.407 e. The lowest BCUT2D eigenvalue weighted by Crippen LogP contribution is -2.51. The number of nitrogen functional groups attached to an aromatic ring is 1. The summed E-state index contributed by atoms with van der Waals surface area (Å²) in [6.45, 7) is 4.58. The fraction of sp³-hybridized carbons (Fsp3) is 0.536. The number of carbonyl (C=O) groups is 1. The van der Waals surface area contributed by atoms with Crippen LogP contribution in [0.25, 0.3) is 0 Å². The fourth-order valence-corrected chi connectivity index (χ4v) is 6.45. The van der Waals surface area contributed by atoms with Gasteiger partial charge in [-0.05, 0) is 48.6 Å². The average molecular weight is 633 g/mol. The van der Waals surface area contributed by atoms with Crippen LogP contribution in [0.2, 0.25) is 0 Å². The number of aliphatic hydroxyl groups excluding tert-OH is 1. The summed E-state index contributed by atoms with van der Waals surface area (Å²) < 4.78 is 44.9. The van der Waals surface area contributed by atoms with Crippen LogP contribution in [-0.2, 0) is 30.7 Å². The summed E-state index contributed by atoms with van der Waals surface area (Å²) in [6.07, 6.45) is -1.69. The highest BCUT2D eigenvalue weighted by molar-refractivity contribution is 7.89. The third kappa shape index (κ3) is 9.71. The Morgan fingerprint density at radius 1 is 1.12 bits per heavy atom. The van der Waals surface area contributed by atoms with E-state index in [1.807, 2.05) is 44.2 Å². The Balaban J connectivity index is 0.00000147. The lowest BCUT2D eigenvalue weighted by Gasteiger charge is -2.31. The maximum absolute atomic E-state index is 13.5. The largest absolute Gasteiger partial charge is 0.443 e. The van der Waals surface area contributed by atoms with Crippen molar-refractivity contribution in [2.75, 3.05) is 37.4 Å². The molecule has 0 aliphatic carbocycles. The number of amides is 1. The number of ether oxygens (including phenoxy) is 3. The number of anilines is 1. The van der Waals surface area contributed by atoms with Gasteiger partial charge in [-0.1, -0.05) is 44.2 Å². The number of sulfonamides is 1. The number of halogens is 2. The van der Waals surface area contributed by atoms with Gasteiger partial charge in [0.05, 0.1) is 41.5 Å². The summed E-state index contributed by atoms with van der Waals surface area (Å²) >= 11 is 9.53. The number of nitrogens with one attached hydrogen (secondary N) is 1. The molecule has 2 heterocycles. The molecule has 2 fully saturated rings. The number of carbonyl (C=O) groups excluding carboxylic acids is 1. The Morgan fingerprint density at radius 2 is 1.78 bits per heavy atom. The molecular formula is C28H39Cl2N3O7S. The predicted molar refractivity (Wildman–Crippen MR) is 158 cm³/mol. The molecule has 10 nitrogen and oxygen atoms in total. The number of hydrogen-bond donors (Lipinski definition) is 3. The predicted octanol–water partition coefficient (Wildman–Crippen LogP) is 3.80. The van der Waals surface area contributed by atoms with E-state index in [4.69, 9.17) is 43.1 Å². The van der Waals surface area contributed by atoms with Crippen LogP contribution in [0.4, 0.5) is 10.5 Å². The number of alkyl carbamates (subject to hydrolysis) is 1. The highest BCUT2D eigenvalue weighted by Crippen LogP contribution is 2.33. The molecule has 0 spiro atoms. The molecule has 2 aliphatic rings. The molecule has 0 aromatic heterocycles. The van der Waals surface area contributed by atoms with Crippen LogP contribution < -0.4 is 11.1 Å². The zero-order chi connectivity index (χ0) is 30.0. The molecule has 0 radical (unpaired) electrons. The van der Waals surface area contributed by atoms with Gasteiger partial charge in [0.1, 0.15) is 6.10 Å².